The number of hydrogen-bond donors (Lipinski definition) is 1. The molecule has 1 aromatic carbocycles. The van der Waals surface area contributed by atoms with Gasteiger partial charge in [0.25, 0.3) is 0 Å². The quantitative estimate of drug-likeness (QED) is 0.689. The maximum absolute atomic E-state index is 12.6. The summed E-state index contributed by atoms with van der Waals surface area (Å²) in [5.74, 6) is -0.307. The molecule has 3 aromatic rings. The first-order valence-corrected chi connectivity index (χ1v) is 7.30. The number of allylic oxidation sites excluding steroid dienone is 1. The number of benzene rings is 1. The van der Waals surface area contributed by atoms with Crippen LogP contribution < -0.4 is 21.1 Å². The Kier molecular flexibility index (Phi) is 3.07. The van der Waals surface area contributed by atoms with Crippen LogP contribution in [0.4, 0.5) is 0 Å². The number of para-hydroxylation sites is 1. The van der Waals surface area contributed by atoms with E-state index < -0.39 is 11.5 Å². The molecule has 3 N–H and O–H groups in total. The van der Waals surface area contributed by atoms with Crippen LogP contribution in [-0.2, 0) is 0 Å². The number of aromatic nitrogens is 1. The molecule has 2 aromatic heterocycles. The molecule has 4 rings (SSSR count). The second kappa shape index (κ2) is 5.25. The van der Waals surface area contributed by atoms with Crippen LogP contribution in [0.25, 0.3) is 11.0 Å². The highest BCUT2D eigenvalue weighted by Gasteiger charge is 2.36. The fourth-order valence-corrected chi connectivity index (χ4v) is 2.99. The molecule has 1 unspecified atom stereocenters. The average molecular weight is 318 g/mol. The number of ether oxygens (including phenoxy) is 1. The van der Waals surface area contributed by atoms with E-state index in [9.17, 15) is 10.1 Å². The second-order valence-corrected chi connectivity index (χ2v) is 5.39. The molecule has 116 valence electrons. The largest absolute Gasteiger partial charge is 0.439 e. The molecule has 0 amide bonds. The lowest BCUT2D eigenvalue weighted by Crippen LogP contribution is -2.26. The Hall–Kier alpha value is -3.59. The molecule has 0 spiro atoms. The van der Waals surface area contributed by atoms with Gasteiger partial charge in [-0.1, -0.05) is 12.1 Å². The van der Waals surface area contributed by atoms with Crippen molar-refractivity contribution < 1.29 is 14.1 Å². The summed E-state index contributed by atoms with van der Waals surface area (Å²) in [4.78, 5) is 15.6. The molecule has 0 radical (unpaired) electrons. The molecule has 0 saturated carbocycles. The maximum Gasteiger partial charge on any atom is 0.344 e. The van der Waals surface area contributed by atoms with Crippen molar-refractivity contribution in [2.24, 2.45) is 5.73 Å². The van der Waals surface area contributed by atoms with Crippen LogP contribution in [0.5, 0.6) is 5.75 Å². The van der Waals surface area contributed by atoms with Crippen LogP contribution in [0.3, 0.4) is 0 Å². The number of H-pyrrole nitrogens is 1. The van der Waals surface area contributed by atoms with Gasteiger partial charge in [-0.15, -0.1) is 0 Å². The summed E-state index contributed by atoms with van der Waals surface area (Å²) in [7, 11) is 0. The lowest BCUT2D eigenvalue weighted by atomic mass is 9.84. The lowest BCUT2D eigenvalue weighted by molar-refractivity contribution is -0.378. The number of aromatic amines is 1. The van der Waals surface area contributed by atoms with Crippen LogP contribution in [0.15, 0.2) is 69.5 Å². The van der Waals surface area contributed by atoms with Gasteiger partial charge in [-0.2, -0.15) is 5.26 Å². The molecule has 1 atom stereocenters. The molecular weight excluding hydrogens is 306 g/mol. The number of nitriles is 1. The van der Waals surface area contributed by atoms with E-state index in [2.05, 4.69) is 11.1 Å². The zero-order valence-electron chi connectivity index (χ0n) is 12.4. The third kappa shape index (κ3) is 1.96. The fraction of sp³-hybridized carbons (Fsp3) is 0.0556. The first kappa shape index (κ1) is 14.0. The van der Waals surface area contributed by atoms with Crippen LogP contribution in [0.2, 0.25) is 0 Å². The number of nitrogens with zero attached hydrogens (tertiary/aromatic N) is 1. The molecule has 0 saturated heterocycles. The van der Waals surface area contributed by atoms with Crippen LogP contribution in [-0.4, -0.2) is 0 Å². The third-order valence-corrected chi connectivity index (χ3v) is 4.04. The Balaban J connectivity index is 2.10. The van der Waals surface area contributed by atoms with Crippen LogP contribution in [0, 0.1) is 11.3 Å². The molecule has 0 bridgehead atoms. The SMILES string of the molecule is N#CC1=C(N)Oc2c(c(=O)oc3ccccc23)C1c1ccc[nH+]c1. The smallest absolute Gasteiger partial charge is 0.344 e. The standard InChI is InChI=1S/C18H11N3O3/c19-8-12-14(10-4-3-7-21-9-10)15-16(24-17(12)20)11-5-1-2-6-13(11)23-18(15)22/h1-7,9,14H,20H2/p+1. The van der Waals surface area contributed by atoms with Crippen molar-refractivity contribution in [3.8, 4) is 11.8 Å². The van der Waals surface area contributed by atoms with Gasteiger partial charge in [0.05, 0.1) is 16.9 Å². The number of pyridine rings is 1. The minimum atomic E-state index is -0.642. The van der Waals surface area contributed by atoms with Gasteiger partial charge in [0.2, 0.25) is 5.88 Å². The van der Waals surface area contributed by atoms with Crippen LogP contribution >= 0.6 is 0 Å². The summed E-state index contributed by atoms with van der Waals surface area (Å²) < 4.78 is 11.1. The molecule has 0 fully saturated rings. The van der Waals surface area contributed by atoms with Gasteiger partial charge in [-0.05, 0) is 18.2 Å². The monoisotopic (exact) mass is 318 g/mol. The molecule has 6 heteroatoms. The van der Waals surface area contributed by atoms with Gasteiger partial charge < -0.3 is 14.9 Å². The Morgan fingerprint density at radius 2 is 2.04 bits per heavy atom. The van der Waals surface area contributed by atoms with E-state index in [-0.39, 0.29) is 17.0 Å². The molecule has 1 aliphatic heterocycles. The van der Waals surface area contributed by atoms with Crippen molar-refractivity contribution in [1.82, 2.24) is 0 Å². The van der Waals surface area contributed by atoms with E-state index in [1.807, 2.05) is 12.1 Å². The van der Waals surface area contributed by atoms with Gasteiger partial charge in [0.1, 0.15) is 17.2 Å². The van der Waals surface area contributed by atoms with E-state index in [0.29, 0.717) is 16.7 Å². The van der Waals surface area contributed by atoms with Crippen molar-refractivity contribution in [2.45, 2.75) is 5.92 Å². The second-order valence-electron chi connectivity index (χ2n) is 5.39. The Labute approximate surface area is 136 Å². The highest BCUT2D eigenvalue weighted by Crippen LogP contribution is 2.42. The predicted octanol–water partition coefficient (Wildman–Crippen LogP) is 1.83. The number of rotatable bonds is 1. The van der Waals surface area contributed by atoms with Gasteiger partial charge in [-0.3, -0.25) is 0 Å². The Bertz CT molecular complexity index is 1080. The van der Waals surface area contributed by atoms with E-state index in [1.54, 1.807) is 36.7 Å². The van der Waals surface area contributed by atoms with Crippen molar-refractivity contribution in [2.75, 3.05) is 0 Å². The van der Waals surface area contributed by atoms with E-state index >= 15 is 0 Å². The zero-order valence-corrected chi connectivity index (χ0v) is 12.4. The van der Waals surface area contributed by atoms with Gasteiger partial charge in [0.15, 0.2) is 18.1 Å². The summed E-state index contributed by atoms with van der Waals surface area (Å²) in [6.45, 7) is 0. The summed E-state index contributed by atoms with van der Waals surface area (Å²) in [5, 5.41) is 10.1. The normalized spacial score (nSPS) is 16.4. The first-order valence-electron chi connectivity index (χ1n) is 7.30. The molecular formula is C18H12N3O3+. The Morgan fingerprint density at radius 3 is 2.79 bits per heavy atom. The van der Waals surface area contributed by atoms with Gasteiger partial charge in [0, 0.05) is 11.6 Å². The van der Waals surface area contributed by atoms with Gasteiger partial charge in [-0.25, -0.2) is 9.78 Å². The number of fused-ring (bicyclic) bond motifs is 3. The predicted molar refractivity (Wildman–Crippen MR) is 84.8 cm³/mol. The van der Waals surface area contributed by atoms with Crippen molar-refractivity contribution >= 4 is 11.0 Å². The first-order chi connectivity index (χ1) is 11.7. The fourth-order valence-electron chi connectivity index (χ4n) is 2.99. The van der Waals surface area contributed by atoms with Crippen molar-refractivity contribution in [1.29, 1.82) is 5.26 Å². The summed E-state index contributed by atoms with van der Waals surface area (Å²) in [6.07, 6.45) is 3.46. The topological polar surface area (TPSA) is 103 Å². The zero-order chi connectivity index (χ0) is 16.7. The number of nitrogens with two attached hydrogens (primary N) is 1. The maximum atomic E-state index is 12.6. The number of hydrogen-bond acceptors (Lipinski definition) is 5. The van der Waals surface area contributed by atoms with Crippen molar-refractivity contribution in [3.05, 3.63) is 81.8 Å². The van der Waals surface area contributed by atoms with Crippen molar-refractivity contribution in [3.63, 3.8) is 0 Å². The summed E-state index contributed by atoms with van der Waals surface area (Å²) in [6, 6.07) is 12.7. The average Bonchev–Trinajstić information content (AvgIpc) is 2.61. The molecule has 0 aliphatic carbocycles. The Morgan fingerprint density at radius 1 is 1.21 bits per heavy atom. The third-order valence-electron chi connectivity index (χ3n) is 4.04. The van der Waals surface area contributed by atoms with Crippen LogP contribution in [0.1, 0.15) is 17.0 Å². The summed E-state index contributed by atoms with van der Waals surface area (Å²) in [5.41, 5.74) is 7.02. The minimum Gasteiger partial charge on any atom is -0.439 e. The lowest BCUT2D eigenvalue weighted by Gasteiger charge is -2.24. The van der Waals surface area contributed by atoms with E-state index in [1.165, 1.54) is 0 Å². The summed E-state index contributed by atoms with van der Waals surface area (Å²) >= 11 is 0. The molecule has 1 aliphatic rings. The van der Waals surface area contributed by atoms with E-state index in [0.717, 1.165) is 5.56 Å². The number of nitrogens with one attached hydrogen (secondary N) is 1. The highest BCUT2D eigenvalue weighted by molar-refractivity contribution is 5.85. The van der Waals surface area contributed by atoms with Gasteiger partial charge >= 0.3 is 5.63 Å². The highest BCUT2D eigenvalue weighted by atomic mass is 16.5. The molecule has 6 nitrogen and oxygen atoms in total. The molecule has 3 heterocycles. The molecule has 24 heavy (non-hydrogen) atoms. The minimum absolute atomic E-state index is 0.00499. The van der Waals surface area contributed by atoms with E-state index in [4.69, 9.17) is 14.9 Å².